The molecule has 2 N–H and O–H groups in total. The molecule has 0 unspecified atom stereocenters. The highest BCUT2D eigenvalue weighted by molar-refractivity contribution is 5.46. The fourth-order valence-corrected chi connectivity index (χ4v) is 1.84. The van der Waals surface area contributed by atoms with Gasteiger partial charge < -0.3 is 5.73 Å². The number of nitrogens with two attached hydrogens (primary N) is 1. The van der Waals surface area contributed by atoms with E-state index < -0.39 is 0 Å². The number of nitrogen functional groups attached to an aromatic ring is 1. The Morgan fingerprint density at radius 2 is 2.06 bits per heavy atom. The first-order valence-electron chi connectivity index (χ1n) is 6.10. The van der Waals surface area contributed by atoms with E-state index in [-0.39, 0.29) is 5.82 Å². The van der Waals surface area contributed by atoms with Crippen molar-refractivity contribution < 1.29 is 4.39 Å². The molecule has 2 aromatic rings. The van der Waals surface area contributed by atoms with Gasteiger partial charge in [0.1, 0.15) is 11.6 Å². The first-order valence-corrected chi connectivity index (χ1v) is 6.10. The number of aromatic nitrogens is 3. The van der Waals surface area contributed by atoms with Gasteiger partial charge in [-0.25, -0.2) is 14.1 Å². The molecule has 0 radical (unpaired) electrons. The van der Waals surface area contributed by atoms with Crippen molar-refractivity contribution in [1.29, 1.82) is 0 Å². The van der Waals surface area contributed by atoms with Gasteiger partial charge in [0.15, 0.2) is 5.82 Å². The summed E-state index contributed by atoms with van der Waals surface area (Å²) in [5.74, 6) is 1.42. The lowest BCUT2D eigenvalue weighted by molar-refractivity contribution is 0.611. The van der Waals surface area contributed by atoms with E-state index in [4.69, 9.17) is 5.73 Å². The van der Waals surface area contributed by atoms with Crippen LogP contribution in [-0.2, 0) is 19.4 Å². The third-order valence-corrected chi connectivity index (χ3v) is 2.85. The van der Waals surface area contributed by atoms with Gasteiger partial charge in [-0.1, -0.05) is 13.8 Å². The molecule has 1 aromatic heterocycles. The Bertz CT molecular complexity index is 548. The summed E-state index contributed by atoms with van der Waals surface area (Å²) in [7, 11) is 0. The maximum atomic E-state index is 13.2. The second kappa shape index (κ2) is 5.16. The summed E-state index contributed by atoms with van der Waals surface area (Å²) < 4.78 is 15.0. The fourth-order valence-electron chi connectivity index (χ4n) is 1.84. The smallest absolute Gasteiger partial charge is 0.150 e. The van der Waals surface area contributed by atoms with E-state index in [0.29, 0.717) is 12.2 Å². The highest BCUT2D eigenvalue weighted by Crippen LogP contribution is 2.15. The van der Waals surface area contributed by atoms with E-state index in [1.807, 2.05) is 13.8 Å². The molecular formula is C13H17FN4. The quantitative estimate of drug-likeness (QED) is 0.844. The van der Waals surface area contributed by atoms with Gasteiger partial charge in [0.05, 0.1) is 6.54 Å². The second-order valence-corrected chi connectivity index (χ2v) is 4.15. The van der Waals surface area contributed by atoms with Gasteiger partial charge in [0.25, 0.3) is 0 Å². The summed E-state index contributed by atoms with van der Waals surface area (Å²) in [6, 6.07) is 4.38. The van der Waals surface area contributed by atoms with Crippen molar-refractivity contribution in [2.75, 3.05) is 5.73 Å². The van der Waals surface area contributed by atoms with Gasteiger partial charge >= 0.3 is 0 Å². The molecule has 18 heavy (non-hydrogen) atoms. The van der Waals surface area contributed by atoms with E-state index in [1.165, 1.54) is 12.1 Å². The van der Waals surface area contributed by atoms with Crippen LogP contribution in [0.5, 0.6) is 0 Å². The van der Waals surface area contributed by atoms with Crippen molar-refractivity contribution in [2.24, 2.45) is 0 Å². The van der Waals surface area contributed by atoms with Crippen LogP contribution in [0.25, 0.3) is 0 Å². The Labute approximate surface area is 106 Å². The summed E-state index contributed by atoms with van der Waals surface area (Å²) in [5, 5.41) is 4.39. The average molecular weight is 248 g/mol. The van der Waals surface area contributed by atoms with Crippen LogP contribution in [-0.4, -0.2) is 14.8 Å². The van der Waals surface area contributed by atoms with Crippen LogP contribution in [0.2, 0.25) is 0 Å². The lowest BCUT2D eigenvalue weighted by Gasteiger charge is -2.07. The van der Waals surface area contributed by atoms with Crippen LogP contribution >= 0.6 is 0 Å². The van der Waals surface area contributed by atoms with E-state index in [1.54, 1.807) is 10.7 Å². The van der Waals surface area contributed by atoms with Gasteiger partial charge in [-0.3, -0.25) is 0 Å². The summed E-state index contributed by atoms with van der Waals surface area (Å²) in [6.45, 7) is 4.49. The van der Waals surface area contributed by atoms with Gasteiger partial charge in [-0.15, -0.1) is 0 Å². The minimum Gasteiger partial charge on any atom is -0.398 e. The van der Waals surface area contributed by atoms with Gasteiger partial charge in [-0.05, 0) is 23.8 Å². The zero-order chi connectivity index (χ0) is 13.1. The number of halogens is 1. The Kier molecular flexibility index (Phi) is 3.60. The molecule has 0 fully saturated rings. The predicted octanol–water partition coefficient (Wildman–Crippen LogP) is 2.17. The predicted molar refractivity (Wildman–Crippen MR) is 68.7 cm³/mol. The van der Waals surface area contributed by atoms with Crippen molar-refractivity contribution in [3.05, 3.63) is 41.2 Å². The second-order valence-electron chi connectivity index (χ2n) is 4.15. The first-order chi connectivity index (χ1) is 8.63. The van der Waals surface area contributed by atoms with Crippen LogP contribution in [0.15, 0.2) is 18.2 Å². The SMILES string of the molecule is CCc1nc(CC)n(Cc2cc(F)ccc2N)n1. The normalized spacial score (nSPS) is 10.8. The van der Waals surface area contributed by atoms with Crippen molar-refractivity contribution in [3.8, 4) is 0 Å². The number of anilines is 1. The molecule has 4 nitrogen and oxygen atoms in total. The minimum absolute atomic E-state index is 0.284. The number of nitrogens with zero attached hydrogens (tertiary/aromatic N) is 3. The Morgan fingerprint density at radius 1 is 1.28 bits per heavy atom. The summed E-state index contributed by atoms with van der Waals surface area (Å²) >= 11 is 0. The lowest BCUT2D eigenvalue weighted by Crippen LogP contribution is -2.08. The number of hydrogen-bond donors (Lipinski definition) is 1. The van der Waals surface area contributed by atoms with Crippen molar-refractivity contribution in [1.82, 2.24) is 14.8 Å². The largest absolute Gasteiger partial charge is 0.398 e. The summed E-state index contributed by atoms with van der Waals surface area (Å²) in [5.41, 5.74) is 7.15. The summed E-state index contributed by atoms with van der Waals surface area (Å²) in [4.78, 5) is 4.41. The van der Waals surface area contributed by atoms with E-state index in [9.17, 15) is 4.39 Å². The highest BCUT2D eigenvalue weighted by Gasteiger charge is 2.09. The maximum Gasteiger partial charge on any atom is 0.150 e. The molecule has 1 heterocycles. The zero-order valence-corrected chi connectivity index (χ0v) is 10.7. The molecule has 0 saturated carbocycles. The Hall–Kier alpha value is -1.91. The molecule has 2 rings (SSSR count). The molecule has 0 amide bonds. The van der Waals surface area contributed by atoms with Crippen LogP contribution in [0.4, 0.5) is 10.1 Å². The molecule has 5 heteroatoms. The monoisotopic (exact) mass is 248 g/mol. The van der Waals surface area contributed by atoms with Crippen molar-refractivity contribution in [2.45, 2.75) is 33.2 Å². The topological polar surface area (TPSA) is 56.7 Å². The number of rotatable bonds is 4. The molecule has 0 bridgehead atoms. The van der Waals surface area contributed by atoms with Gasteiger partial charge in [0, 0.05) is 18.5 Å². The molecule has 0 aliphatic rings. The number of hydrogen-bond acceptors (Lipinski definition) is 3. The minimum atomic E-state index is -0.284. The molecule has 1 aromatic carbocycles. The van der Waals surface area contributed by atoms with Crippen LogP contribution in [0.3, 0.4) is 0 Å². The number of benzene rings is 1. The molecule has 0 aliphatic carbocycles. The maximum absolute atomic E-state index is 13.2. The lowest BCUT2D eigenvalue weighted by atomic mass is 10.2. The zero-order valence-electron chi connectivity index (χ0n) is 10.7. The van der Waals surface area contributed by atoms with Crippen LogP contribution in [0, 0.1) is 5.82 Å². The standard InChI is InChI=1S/C13H17FN4/c1-3-12-16-13(4-2)18(17-12)8-9-7-10(14)5-6-11(9)15/h5-7H,3-4,8,15H2,1-2H3. The molecule has 0 spiro atoms. The van der Waals surface area contributed by atoms with E-state index in [2.05, 4.69) is 10.1 Å². The summed E-state index contributed by atoms with van der Waals surface area (Å²) in [6.07, 6.45) is 1.58. The van der Waals surface area contributed by atoms with Crippen LogP contribution in [0.1, 0.15) is 31.1 Å². The molecule has 0 aliphatic heterocycles. The molecule has 96 valence electrons. The Balaban J connectivity index is 2.32. The number of aryl methyl sites for hydroxylation is 2. The molecule has 0 saturated heterocycles. The fraction of sp³-hybridized carbons (Fsp3) is 0.385. The average Bonchev–Trinajstić information content (AvgIpc) is 2.76. The van der Waals surface area contributed by atoms with E-state index in [0.717, 1.165) is 30.1 Å². The third-order valence-electron chi connectivity index (χ3n) is 2.85. The third kappa shape index (κ3) is 2.50. The molecular weight excluding hydrogens is 231 g/mol. The van der Waals surface area contributed by atoms with Gasteiger partial charge in [0.2, 0.25) is 0 Å². The molecule has 0 atom stereocenters. The first kappa shape index (κ1) is 12.5. The van der Waals surface area contributed by atoms with Crippen molar-refractivity contribution in [3.63, 3.8) is 0 Å². The van der Waals surface area contributed by atoms with E-state index >= 15 is 0 Å². The van der Waals surface area contributed by atoms with Crippen LogP contribution < -0.4 is 5.73 Å². The highest BCUT2D eigenvalue weighted by atomic mass is 19.1. The Morgan fingerprint density at radius 3 is 2.72 bits per heavy atom. The van der Waals surface area contributed by atoms with Crippen molar-refractivity contribution >= 4 is 5.69 Å². The van der Waals surface area contributed by atoms with Gasteiger partial charge in [-0.2, -0.15) is 5.10 Å².